The molecule has 2 aromatic carbocycles. The van der Waals surface area contributed by atoms with E-state index in [4.69, 9.17) is 4.42 Å². The summed E-state index contributed by atoms with van der Waals surface area (Å²) >= 11 is 0. The van der Waals surface area contributed by atoms with Crippen LogP contribution in [0.1, 0.15) is 38.9 Å². The van der Waals surface area contributed by atoms with E-state index < -0.39 is 6.04 Å². The Bertz CT molecular complexity index is 1310. The third-order valence-electron chi connectivity index (χ3n) is 5.31. The van der Waals surface area contributed by atoms with E-state index in [1.165, 1.54) is 0 Å². The van der Waals surface area contributed by atoms with Gasteiger partial charge in [0.25, 0.3) is 5.91 Å². The van der Waals surface area contributed by atoms with Gasteiger partial charge in [-0.3, -0.25) is 14.5 Å². The Morgan fingerprint density at radius 2 is 1.62 bits per heavy atom. The van der Waals surface area contributed by atoms with Crippen LogP contribution in [0.3, 0.4) is 0 Å². The number of aromatic nitrogens is 1. The Labute approximate surface area is 167 Å². The van der Waals surface area contributed by atoms with Gasteiger partial charge in [0, 0.05) is 6.20 Å². The van der Waals surface area contributed by atoms with Crippen molar-refractivity contribution in [2.24, 2.45) is 0 Å². The Hall–Kier alpha value is -3.73. The maximum Gasteiger partial charge on any atom is 0.296 e. The molecule has 1 aliphatic heterocycles. The average Bonchev–Trinajstić information content (AvgIpc) is 3.02. The molecule has 5 heteroatoms. The summed E-state index contributed by atoms with van der Waals surface area (Å²) in [5.74, 6) is 0.215. The molecule has 0 N–H and O–H groups in total. The predicted octanol–water partition coefficient (Wildman–Crippen LogP) is 4.55. The van der Waals surface area contributed by atoms with Gasteiger partial charge in [0.2, 0.25) is 5.76 Å². The van der Waals surface area contributed by atoms with Crippen LogP contribution in [-0.2, 0) is 0 Å². The summed E-state index contributed by atoms with van der Waals surface area (Å²) in [5.41, 5.74) is 3.52. The summed E-state index contributed by atoms with van der Waals surface area (Å²) < 4.78 is 5.93. The first-order valence-electron chi connectivity index (χ1n) is 9.43. The number of hydrogen-bond acceptors (Lipinski definition) is 4. The van der Waals surface area contributed by atoms with Crippen LogP contribution in [0.25, 0.3) is 11.0 Å². The van der Waals surface area contributed by atoms with Crippen LogP contribution in [0.5, 0.6) is 0 Å². The number of nitrogens with zero attached hydrogens (tertiary/aromatic N) is 2. The van der Waals surface area contributed by atoms with Gasteiger partial charge in [-0.1, -0.05) is 48.0 Å². The van der Waals surface area contributed by atoms with Gasteiger partial charge < -0.3 is 4.42 Å². The van der Waals surface area contributed by atoms with E-state index in [0.717, 1.165) is 16.7 Å². The van der Waals surface area contributed by atoms with E-state index in [0.29, 0.717) is 22.4 Å². The zero-order chi connectivity index (χ0) is 20.1. The lowest BCUT2D eigenvalue weighted by atomic mass is 9.97. The second-order valence-electron chi connectivity index (χ2n) is 7.35. The molecule has 142 valence electrons. The highest BCUT2D eigenvalue weighted by Gasteiger charge is 2.44. The number of carbonyl (C=O) groups excluding carboxylic acids is 1. The maximum absolute atomic E-state index is 13.4. The number of amides is 1. The average molecular weight is 382 g/mol. The first-order chi connectivity index (χ1) is 14.0. The number of hydrogen-bond donors (Lipinski definition) is 0. The van der Waals surface area contributed by atoms with Crippen LogP contribution >= 0.6 is 0 Å². The highest BCUT2D eigenvalue weighted by Crippen LogP contribution is 2.40. The van der Waals surface area contributed by atoms with Crippen molar-refractivity contribution in [2.45, 2.75) is 19.9 Å². The molecule has 1 atom stereocenters. The summed E-state index contributed by atoms with van der Waals surface area (Å²) in [5, 5.41) is 0.467. The summed E-state index contributed by atoms with van der Waals surface area (Å²) in [6.07, 6.45) is 1.71. The highest BCUT2D eigenvalue weighted by molar-refractivity contribution is 6.10. The number of pyridine rings is 1. The Morgan fingerprint density at radius 3 is 2.34 bits per heavy atom. The molecule has 29 heavy (non-hydrogen) atoms. The van der Waals surface area contributed by atoms with Gasteiger partial charge in [-0.15, -0.1) is 0 Å². The minimum absolute atomic E-state index is 0.0849. The number of carbonyl (C=O) groups is 1. The molecule has 1 aliphatic rings. The largest absolute Gasteiger partial charge is 0.450 e. The standard InChI is InChI=1S/C24H18N2O3/c1-14-7-10-16(11-8-14)21-20-22(27)17-5-3-4-6-18(17)29-23(20)24(28)26(21)19-12-9-15(2)13-25-19/h3-13,21H,1-2H3/t21-/m0/s1. The SMILES string of the molecule is Cc1ccc([C@H]2c3c(oc4ccccc4c3=O)C(=O)N2c2ccc(C)cn2)cc1. The van der Waals surface area contributed by atoms with E-state index >= 15 is 0 Å². The molecule has 0 fully saturated rings. The van der Waals surface area contributed by atoms with Crippen molar-refractivity contribution in [1.29, 1.82) is 0 Å². The van der Waals surface area contributed by atoms with Crippen LogP contribution in [0.15, 0.2) is 76.1 Å². The van der Waals surface area contributed by atoms with Gasteiger partial charge in [-0.25, -0.2) is 4.98 Å². The minimum atomic E-state index is -0.589. The summed E-state index contributed by atoms with van der Waals surface area (Å²) in [7, 11) is 0. The second-order valence-corrected chi connectivity index (χ2v) is 7.35. The quantitative estimate of drug-likeness (QED) is 0.510. The first-order valence-corrected chi connectivity index (χ1v) is 9.43. The van der Waals surface area contributed by atoms with Crippen LogP contribution in [-0.4, -0.2) is 10.9 Å². The molecule has 0 radical (unpaired) electrons. The monoisotopic (exact) mass is 382 g/mol. The Kier molecular flexibility index (Phi) is 3.84. The molecule has 3 heterocycles. The highest BCUT2D eigenvalue weighted by atomic mass is 16.3. The lowest BCUT2D eigenvalue weighted by molar-refractivity contribution is 0.0970. The number of para-hydroxylation sites is 1. The second kappa shape index (κ2) is 6.41. The molecule has 0 spiro atoms. The third-order valence-corrected chi connectivity index (χ3v) is 5.31. The van der Waals surface area contributed by atoms with E-state index in [1.54, 1.807) is 41.4 Å². The van der Waals surface area contributed by atoms with Crippen LogP contribution in [0.2, 0.25) is 0 Å². The Morgan fingerprint density at radius 1 is 0.897 bits per heavy atom. The zero-order valence-corrected chi connectivity index (χ0v) is 16.0. The molecule has 2 aromatic heterocycles. The van der Waals surface area contributed by atoms with Gasteiger partial charge in [0.05, 0.1) is 17.0 Å². The number of anilines is 1. The van der Waals surface area contributed by atoms with E-state index in [2.05, 4.69) is 4.98 Å². The molecule has 4 aromatic rings. The molecule has 0 unspecified atom stereocenters. The third kappa shape index (κ3) is 2.66. The number of fused-ring (bicyclic) bond motifs is 2. The fourth-order valence-corrected chi connectivity index (χ4v) is 3.82. The summed E-state index contributed by atoms with van der Waals surface area (Å²) in [6.45, 7) is 3.94. The molecule has 5 rings (SSSR count). The van der Waals surface area contributed by atoms with Gasteiger partial charge in [0.1, 0.15) is 11.4 Å². The number of aryl methyl sites for hydroxylation is 2. The van der Waals surface area contributed by atoms with Crippen molar-refractivity contribution < 1.29 is 9.21 Å². The van der Waals surface area contributed by atoms with Gasteiger partial charge >= 0.3 is 0 Å². The van der Waals surface area contributed by atoms with Crippen molar-refractivity contribution in [1.82, 2.24) is 4.98 Å². The van der Waals surface area contributed by atoms with Crippen molar-refractivity contribution in [2.75, 3.05) is 4.90 Å². The van der Waals surface area contributed by atoms with Crippen molar-refractivity contribution in [3.05, 3.63) is 105 Å². The topological polar surface area (TPSA) is 63.4 Å². The number of benzene rings is 2. The molecule has 0 aliphatic carbocycles. The van der Waals surface area contributed by atoms with Gasteiger partial charge in [0.15, 0.2) is 5.43 Å². The van der Waals surface area contributed by atoms with Crippen molar-refractivity contribution >= 4 is 22.7 Å². The molecule has 5 nitrogen and oxygen atoms in total. The van der Waals surface area contributed by atoms with E-state index in [9.17, 15) is 9.59 Å². The first kappa shape index (κ1) is 17.4. The lowest BCUT2D eigenvalue weighted by Gasteiger charge is -2.24. The van der Waals surface area contributed by atoms with Gasteiger partial charge in [-0.05, 0) is 43.2 Å². The van der Waals surface area contributed by atoms with Gasteiger partial charge in [-0.2, -0.15) is 0 Å². The predicted molar refractivity (Wildman–Crippen MR) is 111 cm³/mol. The smallest absolute Gasteiger partial charge is 0.296 e. The molecule has 0 bridgehead atoms. The molecule has 0 saturated carbocycles. The normalized spacial score (nSPS) is 15.7. The van der Waals surface area contributed by atoms with E-state index in [-0.39, 0.29) is 17.1 Å². The zero-order valence-electron chi connectivity index (χ0n) is 16.0. The molecule has 1 amide bonds. The summed E-state index contributed by atoms with van der Waals surface area (Å²) in [4.78, 5) is 32.8. The molecular weight excluding hydrogens is 364 g/mol. The van der Waals surface area contributed by atoms with E-state index in [1.807, 2.05) is 44.2 Å². The maximum atomic E-state index is 13.4. The lowest BCUT2D eigenvalue weighted by Crippen LogP contribution is -2.30. The minimum Gasteiger partial charge on any atom is -0.450 e. The molecule has 0 saturated heterocycles. The summed E-state index contributed by atoms with van der Waals surface area (Å²) in [6, 6.07) is 18.0. The van der Waals surface area contributed by atoms with Crippen LogP contribution in [0, 0.1) is 13.8 Å². The molecular formula is C24H18N2O3. The van der Waals surface area contributed by atoms with Crippen LogP contribution in [0.4, 0.5) is 5.82 Å². The Balaban J connectivity index is 1.81. The van der Waals surface area contributed by atoms with Crippen molar-refractivity contribution in [3.63, 3.8) is 0 Å². The van der Waals surface area contributed by atoms with Crippen LogP contribution < -0.4 is 10.3 Å². The fourth-order valence-electron chi connectivity index (χ4n) is 3.82. The number of rotatable bonds is 2. The fraction of sp³-hybridized carbons (Fsp3) is 0.125. The van der Waals surface area contributed by atoms with Crippen molar-refractivity contribution in [3.8, 4) is 0 Å².